The van der Waals surface area contributed by atoms with Crippen LogP contribution in [0.1, 0.15) is 12.8 Å². The molecule has 0 saturated carbocycles. The molecule has 0 aromatic carbocycles. The summed E-state index contributed by atoms with van der Waals surface area (Å²) in [6.07, 6.45) is 2.52. The Balaban J connectivity index is 2.05. The summed E-state index contributed by atoms with van der Waals surface area (Å²) in [6.45, 7) is 4.15. The van der Waals surface area contributed by atoms with Crippen LogP contribution < -0.4 is 16.4 Å². The molecule has 1 fully saturated rings. The lowest BCUT2D eigenvalue weighted by Gasteiger charge is -2.24. The van der Waals surface area contributed by atoms with Crippen molar-refractivity contribution in [3.63, 3.8) is 0 Å². The van der Waals surface area contributed by atoms with Gasteiger partial charge in [0.1, 0.15) is 0 Å². The molecule has 0 amide bonds. The molecule has 1 atom stereocenters. The van der Waals surface area contributed by atoms with E-state index >= 15 is 0 Å². The average Bonchev–Trinajstić information content (AvgIpc) is 2.16. The molecular weight excluding hydrogens is 265 g/mol. The van der Waals surface area contributed by atoms with Crippen molar-refractivity contribution in [1.82, 2.24) is 10.6 Å². The second-order valence-corrected chi connectivity index (χ2v) is 5.03. The summed E-state index contributed by atoms with van der Waals surface area (Å²) in [4.78, 5) is 0. The summed E-state index contributed by atoms with van der Waals surface area (Å²) in [5, 5.41) is 6.89. The lowest BCUT2D eigenvalue weighted by atomic mass is 10.1. The van der Waals surface area contributed by atoms with Crippen LogP contribution in [-0.2, 0) is 0 Å². The van der Waals surface area contributed by atoms with Gasteiger partial charge in [0.15, 0.2) is 0 Å². The number of piperidine rings is 1. The highest BCUT2D eigenvalue weighted by Gasteiger charge is 2.12. The molecule has 0 radical (unpaired) electrons. The van der Waals surface area contributed by atoms with E-state index < -0.39 is 0 Å². The molecule has 1 unspecified atom stereocenters. The van der Waals surface area contributed by atoms with E-state index in [2.05, 4.69) is 33.2 Å². The predicted molar refractivity (Wildman–Crippen MR) is 60.8 cm³/mol. The van der Waals surface area contributed by atoms with Crippen LogP contribution in [0.4, 0.5) is 0 Å². The van der Waals surface area contributed by atoms with Crippen molar-refractivity contribution in [2.45, 2.75) is 22.8 Å². The highest BCUT2D eigenvalue weighted by atomic mass is 127. The second kappa shape index (κ2) is 6.12. The summed E-state index contributed by atoms with van der Waals surface area (Å²) in [5.41, 5.74) is 5.53. The predicted octanol–water partition coefficient (Wildman–Crippen LogP) is 0.0903. The molecule has 12 heavy (non-hydrogen) atoms. The molecule has 0 aromatic heterocycles. The van der Waals surface area contributed by atoms with Crippen molar-refractivity contribution in [3.05, 3.63) is 0 Å². The number of alkyl halides is 1. The minimum absolute atomic E-state index is 0.581. The lowest BCUT2D eigenvalue weighted by Crippen LogP contribution is -2.42. The molecule has 0 bridgehead atoms. The SMILES string of the molecule is NCC(I)CNC1CCNCC1. The second-order valence-electron chi connectivity index (χ2n) is 3.27. The zero-order valence-electron chi connectivity index (χ0n) is 7.35. The smallest absolute Gasteiger partial charge is 0.0357 e. The van der Waals surface area contributed by atoms with E-state index in [1.54, 1.807) is 0 Å². The Morgan fingerprint density at radius 2 is 2.17 bits per heavy atom. The quantitative estimate of drug-likeness (QED) is 0.506. The maximum absolute atomic E-state index is 5.53. The summed E-state index contributed by atoms with van der Waals surface area (Å²) >= 11 is 2.40. The van der Waals surface area contributed by atoms with Crippen LogP contribution in [0.15, 0.2) is 0 Å². The Hall–Kier alpha value is 0.610. The molecule has 0 aromatic rings. The molecule has 3 nitrogen and oxygen atoms in total. The van der Waals surface area contributed by atoms with E-state index in [0.717, 1.165) is 32.2 Å². The monoisotopic (exact) mass is 283 g/mol. The summed E-state index contributed by atoms with van der Waals surface area (Å²) < 4.78 is 0.581. The molecule has 0 aliphatic carbocycles. The lowest BCUT2D eigenvalue weighted by molar-refractivity contribution is 0.390. The average molecular weight is 283 g/mol. The van der Waals surface area contributed by atoms with Crippen molar-refractivity contribution < 1.29 is 0 Å². The van der Waals surface area contributed by atoms with Crippen molar-refractivity contribution in [2.75, 3.05) is 26.2 Å². The molecule has 1 heterocycles. The van der Waals surface area contributed by atoms with Crippen molar-refractivity contribution in [2.24, 2.45) is 5.73 Å². The van der Waals surface area contributed by atoms with E-state index in [9.17, 15) is 0 Å². The molecule has 1 aliphatic rings. The van der Waals surface area contributed by atoms with E-state index in [0.29, 0.717) is 3.92 Å². The van der Waals surface area contributed by atoms with E-state index in [-0.39, 0.29) is 0 Å². The standard InChI is InChI=1S/C8H18IN3/c9-7(5-10)6-12-8-1-3-11-4-2-8/h7-8,11-12H,1-6,10H2. The van der Waals surface area contributed by atoms with Crippen LogP contribution >= 0.6 is 22.6 Å². The van der Waals surface area contributed by atoms with Crippen LogP contribution in [0, 0.1) is 0 Å². The third-order valence-electron chi connectivity index (χ3n) is 2.22. The number of nitrogens with one attached hydrogen (secondary N) is 2. The van der Waals surface area contributed by atoms with Gasteiger partial charge in [0.2, 0.25) is 0 Å². The van der Waals surface area contributed by atoms with Gasteiger partial charge in [0, 0.05) is 23.1 Å². The topological polar surface area (TPSA) is 50.1 Å². The van der Waals surface area contributed by atoms with Crippen molar-refractivity contribution in [3.8, 4) is 0 Å². The minimum atomic E-state index is 0.581. The summed E-state index contributed by atoms with van der Waals surface area (Å²) in [7, 11) is 0. The van der Waals surface area contributed by atoms with E-state index in [1.165, 1.54) is 12.8 Å². The maximum atomic E-state index is 5.53. The largest absolute Gasteiger partial charge is 0.329 e. The fourth-order valence-corrected chi connectivity index (χ4v) is 1.66. The normalized spacial score (nSPS) is 22.5. The van der Waals surface area contributed by atoms with Crippen LogP contribution in [0.3, 0.4) is 0 Å². The Labute approximate surface area is 88.0 Å². The van der Waals surface area contributed by atoms with Crippen LogP contribution in [0.5, 0.6) is 0 Å². The number of halogens is 1. The zero-order chi connectivity index (χ0) is 8.81. The first kappa shape index (κ1) is 10.7. The van der Waals surface area contributed by atoms with E-state index in [1.807, 2.05) is 0 Å². The maximum Gasteiger partial charge on any atom is 0.0357 e. The molecule has 72 valence electrons. The number of rotatable bonds is 4. The minimum Gasteiger partial charge on any atom is -0.329 e. The van der Waals surface area contributed by atoms with Crippen LogP contribution in [0.2, 0.25) is 0 Å². The third kappa shape index (κ3) is 4.02. The van der Waals surface area contributed by atoms with Crippen LogP contribution in [-0.4, -0.2) is 36.1 Å². The van der Waals surface area contributed by atoms with Gasteiger partial charge in [-0.05, 0) is 25.9 Å². The van der Waals surface area contributed by atoms with Gasteiger partial charge in [-0.3, -0.25) is 0 Å². The Morgan fingerprint density at radius 3 is 2.75 bits per heavy atom. The molecular formula is C8H18IN3. The fourth-order valence-electron chi connectivity index (χ4n) is 1.40. The van der Waals surface area contributed by atoms with Crippen molar-refractivity contribution >= 4 is 22.6 Å². The van der Waals surface area contributed by atoms with Gasteiger partial charge in [-0.1, -0.05) is 22.6 Å². The fraction of sp³-hybridized carbons (Fsp3) is 1.00. The number of hydrogen-bond donors (Lipinski definition) is 3. The molecule has 0 spiro atoms. The highest BCUT2D eigenvalue weighted by Crippen LogP contribution is 2.03. The first-order chi connectivity index (χ1) is 5.83. The molecule has 4 N–H and O–H groups in total. The molecule has 1 rings (SSSR count). The Kier molecular flexibility index (Phi) is 5.45. The zero-order valence-corrected chi connectivity index (χ0v) is 9.51. The number of nitrogens with two attached hydrogens (primary N) is 1. The summed E-state index contributed by atoms with van der Waals surface area (Å²) in [6, 6.07) is 0.718. The van der Waals surface area contributed by atoms with Gasteiger partial charge >= 0.3 is 0 Å². The Morgan fingerprint density at radius 1 is 1.50 bits per heavy atom. The molecule has 1 saturated heterocycles. The van der Waals surface area contributed by atoms with Gasteiger partial charge in [0.25, 0.3) is 0 Å². The van der Waals surface area contributed by atoms with Gasteiger partial charge in [-0.2, -0.15) is 0 Å². The van der Waals surface area contributed by atoms with Crippen molar-refractivity contribution in [1.29, 1.82) is 0 Å². The number of hydrogen-bond acceptors (Lipinski definition) is 3. The first-order valence-electron chi connectivity index (χ1n) is 4.61. The highest BCUT2D eigenvalue weighted by molar-refractivity contribution is 14.1. The van der Waals surface area contributed by atoms with Gasteiger partial charge in [-0.25, -0.2) is 0 Å². The van der Waals surface area contributed by atoms with Crippen LogP contribution in [0.25, 0.3) is 0 Å². The first-order valence-corrected chi connectivity index (χ1v) is 5.85. The third-order valence-corrected chi connectivity index (χ3v) is 3.17. The van der Waals surface area contributed by atoms with Gasteiger partial charge in [0.05, 0.1) is 0 Å². The summed E-state index contributed by atoms with van der Waals surface area (Å²) in [5.74, 6) is 0. The molecule has 4 heteroatoms. The molecule has 1 aliphatic heterocycles. The van der Waals surface area contributed by atoms with E-state index in [4.69, 9.17) is 5.73 Å². The van der Waals surface area contributed by atoms with Gasteiger partial charge < -0.3 is 16.4 Å². The Bertz CT molecular complexity index is 115. The van der Waals surface area contributed by atoms with Gasteiger partial charge in [-0.15, -0.1) is 0 Å².